The van der Waals surface area contributed by atoms with Crippen LogP contribution in [0, 0.1) is 0 Å². The normalized spacial score (nSPS) is 11.4. The van der Waals surface area contributed by atoms with Gasteiger partial charge >= 0.3 is 0 Å². The zero-order valence-electron chi connectivity index (χ0n) is 14.3. The third-order valence-electron chi connectivity index (χ3n) is 3.92. The van der Waals surface area contributed by atoms with Crippen LogP contribution in [-0.2, 0) is 16.5 Å². The first kappa shape index (κ1) is 19.3. The standard InChI is InChI=1S/C19H24O5S/c1-2-3-4-5-6-8-15-9-7-10-16(13-15)24-19-12-11-17(14-18(19)20)25(21,22)23/h7,9-14,20H,2-6,8H2,1H3,(H,21,22,23). The Morgan fingerprint density at radius 2 is 1.76 bits per heavy atom. The van der Waals surface area contributed by atoms with E-state index in [0.29, 0.717) is 5.75 Å². The second-order valence-electron chi connectivity index (χ2n) is 6.02. The van der Waals surface area contributed by atoms with Crippen molar-refractivity contribution in [3.63, 3.8) is 0 Å². The van der Waals surface area contributed by atoms with E-state index in [9.17, 15) is 13.5 Å². The molecular formula is C19H24O5S. The first-order chi connectivity index (χ1) is 11.9. The van der Waals surface area contributed by atoms with E-state index in [1.54, 1.807) is 6.07 Å². The lowest BCUT2D eigenvalue weighted by Gasteiger charge is -2.10. The van der Waals surface area contributed by atoms with Crippen LogP contribution in [0.15, 0.2) is 47.4 Å². The summed E-state index contributed by atoms with van der Waals surface area (Å²) in [4.78, 5) is -0.377. The van der Waals surface area contributed by atoms with Crippen LogP contribution in [0.2, 0.25) is 0 Å². The minimum atomic E-state index is -4.35. The van der Waals surface area contributed by atoms with E-state index in [0.717, 1.165) is 24.5 Å². The van der Waals surface area contributed by atoms with Crippen molar-refractivity contribution in [2.75, 3.05) is 0 Å². The van der Waals surface area contributed by atoms with E-state index in [1.165, 1.54) is 37.8 Å². The molecule has 2 aromatic rings. The van der Waals surface area contributed by atoms with Crippen molar-refractivity contribution in [3.8, 4) is 17.2 Å². The number of hydrogen-bond donors (Lipinski definition) is 2. The molecule has 0 aliphatic heterocycles. The first-order valence-corrected chi connectivity index (χ1v) is 9.91. The largest absolute Gasteiger partial charge is 0.504 e. The van der Waals surface area contributed by atoms with Crippen molar-refractivity contribution in [2.24, 2.45) is 0 Å². The number of aryl methyl sites for hydroxylation is 1. The molecule has 0 aromatic heterocycles. The molecule has 136 valence electrons. The van der Waals surface area contributed by atoms with Crippen molar-refractivity contribution in [1.82, 2.24) is 0 Å². The molecule has 6 heteroatoms. The molecule has 0 aliphatic rings. The summed E-state index contributed by atoms with van der Waals surface area (Å²) in [6, 6.07) is 11.1. The van der Waals surface area contributed by atoms with Gasteiger partial charge in [-0.25, -0.2) is 0 Å². The molecule has 0 saturated carbocycles. The van der Waals surface area contributed by atoms with Gasteiger partial charge in [0.1, 0.15) is 5.75 Å². The molecule has 0 fully saturated rings. The molecule has 2 N–H and O–H groups in total. The summed E-state index contributed by atoms with van der Waals surface area (Å²) in [6.45, 7) is 2.19. The number of hydrogen-bond acceptors (Lipinski definition) is 4. The highest BCUT2D eigenvalue weighted by Crippen LogP contribution is 2.33. The van der Waals surface area contributed by atoms with E-state index in [-0.39, 0.29) is 16.4 Å². The van der Waals surface area contributed by atoms with Crippen molar-refractivity contribution in [1.29, 1.82) is 0 Å². The van der Waals surface area contributed by atoms with Gasteiger partial charge in [0.25, 0.3) is 10.1 Å². The number of phenolic OH excluding ortho intramolecular Hbond substituents is 1. The third kappa shape index (κ3) is 6.07. The molecule has 5 nitrogen and oxygen atoms in total. The van der Waals surface area contributed by atoms with Gasteiger partial charge in [0.15, 0.2) is 11.5 Å². The van der Waals surface area contributed by atoms with Crippen molar-refractivity contribution in [2.45, 2.75) is 50.3 Å². The number of rotatable bonds is 9. The highest BCUT2D eigenvalue weighted by Gasteiger charge is 2.13. The van der Waals surface area contributed by atoms with Gasteiger partial charge in [0.2, 0.25) is 0 Å². The minimum absolute atomic E-state index is 0.132. The molecule has 0 saturated heterocycles. The van der Waals surface area contributed by atoms with Gasteiger partial charge in [-0.2, -0.15) is 8.42 Å². The average Bonchev–Trinajstić information content (AvgIpc) is 2.56. The van der Waals surface area contributed by atoms with Crippen molar-refractivity contribution >= 4 is 10.1 Å². The monoisotopic (exact) mass is 364 g/mol. The number of aromatic hydroxyl groups is 1. The Labute approximate surface area is 149 Å². The Kier molecular flexibility index (Phi) is 6.84. The third-order valence-corrected chi connectivity index (χ3v) is 4.77. The summed E-state index contributed by atoms with van der Waals surface area (Å²) in [7, 11) is -4.35. The second kappa shape index (κ2) is 8.87. The molecule has 0 aliphatic carbocycles. The fraction of sp³-hybridized carbons (Fsp3) is 0.368. The van der Waals surface area contributed by atoms with Gasteiger partial charge in [-0.15, -0.1) is 0 Å². The lowest BCUT2D eigenvalue weighted by Crippen LogP contribution is -1.98. The van der Waals surface area contributed by atoms with Gasteiger partial charge in [-0.3, -0.25) is 4.55 Å². The van der Waals surface area contributed by atoms with Crippen LogP contribution in [-0.4, -0.2) is 18.1 Å². The van der Waals surface area contributed by atoms with E-state index >= 15 is 0 Å². The van der Waals surface area contributed by atoms with Gasteiger partial charge in [0, 0.05) is 6.07 Å². The maximum Gasteiger partial charge on any atom is 0.294 e. The number of phenols is 1. The molecule has 2 aromatic carbocycles. The van der Waals surface area contributed by atoms with Gasteiger partial charge in [0.05, 0.1) is 4.90 Å². The van der Waals surface area contributed by atoms with Crippen LogP contribution < -0.4 is 4.74 Å². The summed E-state index contributed by atoms with van der Waals surface area (Å²) >= 11 is 0. The fourth-order valence-corrected chi connectivity index (χ4v) is 3.07. The molecule has 0 heterocycles. The highest BCUT2D eigenvalue weighted by molar-refractivity contribution is 7.85. The summed E-state index contributed by atoms with van der Waals surface area (Å²) in [5.41, 5.74) is 1.16. The summed E-state index contributed by atoms with van der Waals surface area (Å²) in [5, 5.41) is 9.91. The fourth-order valence-electron chi connectivity index (χ4n) is 2.57. The van der Waals surface area contributed by atoms with E-state index in [1.807, 2.05) is 18.2 Å². The lowest BCUT2D eigenvalue weighted by atomic mass is 10.1. The molecule has 0 spiro atoms. The Hall–Kier alpha value is -2.05. The SMILES string of the molecule is CCCCCCCc1cccc(Oc2ccc(S(=O)(=O)O)cc2O)c1. The maximum absolute atomic E-state index is 11.1. The maximum atomic E-state index is 11.1. The molecule has 0 unspecified atom stereocenters. The van der Waals surface area contributed by atoms with Gasteiger partial charge < -0.3 is 9.84 Å². The lowest BCUT2D eigenvalue weighted by molar-refractivity contribution is 0.408. The first-order valence-electron chi connectivity index (χ1n) is 8.47. The number of unbranched alkanes of at least 4 members (excludes halogenated alkanes) is 4. The predicted molar refractivity (Wildman–Crippen MR) is 96.9 cm³/mol. The van der Waals surface area contributed by atoms with Crippen molar-refractivity contribution < 1.29 is 22.8 Å². The number of ether oxygens (including phenoxy) is 1. The van der Waals surface area contributed by atoms with Crippen molar-refractivity contribution in [3.05, 3.63) is 48.0 Å². The van der Waals surface area contributed by atoms with Crippen LogP contribution in [0.25, 0.3) is 0 Å². The molecular weight excluding hydrogens is 340 g/mol. The van der Waals surface area contributed by atoms with Crippen LogP contribution in [0.1, 0.15) is 44.6 Å². The predicted octanol–water partition coefficient (Wildman–Crippen LogP) is 4.94. The molecule has 25 heavy (non-hydrogen) atoms. The van der Waals surface area contributed by atoms with Gasteiger partial charge in [-0.1, -0.05) is 44.7 Å². The summed E-state index contributed by atoms with van der Waals surface area (Å²) in [5.74, 6) is 0.355. The Morgan fingerprint density at radius 1 is 1.00 bits per heavy atom. The topological polar surface area (TPSA) is 83.8 Å². The molecule has 0 atom stereocenters. The Balaban J connectivity index is 2.02. The molecule has 2 rings (SSSR count). The van der Waals surface area contributed by atoms with E-state index < -0.39 is 10.1 Å². The van der Waals surface area contributed by atoms with Gasteiger partial charge in [-0.05, 0) is 42.7 Å². The minimum Gasteiger partial charge on any atom is -0.504 e. The van der Waals surface area contributed by atoms with Crippen LogP contribution in [0.5, 0.6) is 17.2 Å². The zero-order valence-corrected chi connectivity index (χ0v) is 15.1. The zero-order chi connectivity index (χ0) is 18.3. The quantitative estimate of drug-likeness (QED) is 0.486. The molecule has 0 radical (unpaired) electrons. The Morgan fingerprint density at radius 3 is 2.44 bits per heavy atom. The molecule has 0 amide bonds. The Bertz CT molecular complexity index is 799. The smallest absolute Gasteiger partial charge is 0.294 e. The van der Waals surface area contributed by atoms with E-state index in [4.69, 9.17) is 9.29 Å². The average molecular weight is 364 g/mol. The van der Waals surface area contributed by atoms with Crippen LogP contribution in [0.3, 0.4) is 0 Å². The molecule has 0 bridgehead atoms. The number of benzene rings is 2. The summed E-state index contributed by atoms with van der Waals surface area (Å²) < 4.78 is 36.8. The summed E-state index contributed by atoms with van der Waals surface area (Å²) in [6.07, 6.45) is 7.04. The van der Waals surface area contributed by atoms with E-state index in [2.05, 4.69) is 6.92 Å². The van der Waals surface area contributed by atoms with Crippen LogP contribution >= 0.6 is 0 Å². The van der Waals surface area contributed by atoms with Crippen LogP contribution in [0.4, 0.5) is 0 Å². The second-order valence-corrected chi connectivity index (χ2v) is 7.44. The highest BCUT2D eigenvalue weighted by atomic mass is 32.2.